The Balaban J connectivity index is 2.22. The van der Waals surface area contributed by atoms with Crippen LogP contribution in [0.1, 0.15) is 19.8 Å². The van der Waals surface area contributed by atoms with Gasteiger partial charge in [0, 0.05) is 26.2 Å². The molecule has 2 aromatic rings. The fourth-order valence-corrected chi connectivity index (χ4v) is 2.89. The molecule has 1 N–H and O–H groups in total. The molecule has 1 unspecified atom stereocenters. The standard InChI is InChI=1S/C13H19N5O2/c1-3-17-11-10(16(2)8-15-11)12(19)18(13(17)20)7-9-5-4-6-14-9/h8-9,14H,3-7H2,1-2H3. The summed E-state index contributed by atoms with van der Waals surface area (Å²) in [6.07, 6.45) is 3.67. The second-order valence-corrected chi connectivity index (χ2v) is 5.26. The molecule has 0 radical (unpaired) electrons. The fourth-order valence-electron chi connectivity index (χ4n) is 2.89. The number of nitrogens with zero attached hydrogens (tertiary/aromatic N) is 4. The molecule has 20 heavy (non-hydrogen) atoms. The van der Waals surface area contributed by atoms with Crippen molar-refractivity contribution < 1.29 is 0 Å². The van der Waals surface area contributed by atoms with Gasteiger partial charge in [-0.05, 0) is 26.3 Å². The van der Waals surface area contributed by atoms with Gasteiger partial charge in [-0.1, -0.05) is 0 Å². The van der Waals surface area contributed by atoms with Crippen molar-refractivity contribution >= 4 is 11.2 Å². The highest BCUT2D eigenvalue weighted by molar-refractivity contribution is 5.69. The van der Waals surface area contributed by atoms with E-state index in [2.05, 4.69) is 10.3 Å². The Hall–Kier alpha value is -1.89. The number of nitrogens with one attached hydrogen (secondary N) is 1. The Kier molecular flexibility index (Phi) is 3.21. The lowest BCUT2D eigenvalue weighted by atomic mass is 10.2. The molecule has 0 aromatic carbocycles. The van der Waals surface area contributed by atoms with E-state index < -0.39 is 0 Å². The zero-order valence-corrected chi connectivity index (χ0v) is 11.8. The molecule has 1 saturated heterocycles. The molecule has 0 saturated carbocycles. The Morgan fingerprint density at radius 2 is 2.20 bits per heavy atom. The van der Waals surface area contributed by atoms with Crippen LogP contribution in [0.2, 0.25) is 0 Å². The summed E-state index contributed by atoms with van der Waals surface area (Å²) in [6.45, 7) is 3.77. The molecule has 1 atom stereocenters. The van der Waals surface area contributed by atoms with Crippen molar-refractivity contribution in [3.63, 3.8) is 0 Å². The van der Waals surface area contributed by atoms with E-state index in [1.54, 1.807) is 22.5 Å². The van der Waals surface area contributed by atoms with Crippen LogP contribution in [0.5, 0.6) is 0 Å². The normalized spacial score (nSPS) is 19.0. The van der Waals surface area contributed by atoms with Crippen LogP contribution < -0.4 is 16.6 Å². The second-order valence-electron chi connectivity index (χ2n) is 5.26. The van der Waals surface area contributed by atoms with E-state index in [1.807, 2.05) is 6.92 Å². The lowest BCUT2D eigenvalue weighted by molar-refractivity contribution is 0.472. The van der Waals surface area contributed by atoms with Crippen LogP contribution in [0.3, 0.4) is 0 Å². The first-order chi connectivity index (χ1) is 9.63. The average Bonchev–Trinajstić information content (AvgIpc) is 3.05. The largest absolute Gasteiger partial charge is 0.332 e. The molecule has 2 aromatic heterocycles. The third kappa shape index (κ3) is 1.89. The first-order valence-corrected chi connectivity index (χ1v) is 7.01. The number of rotatable bonds is 3. The number of hydrogen-bond acceptors (Lipinski definition) is 4. The lowest BCUT2D eigenvalue weighted by Crippen LogP contribution is -2.44. The Morgan fingerprint density at radius 1 is 1.40 bits per heavy atom. The minimum Gasteiger partial charge on any atom is -0.328 e. The van der Waals surface area contributed by atoms with Gasteiger partial charge in [0.2, 0.25) is 0 Å². The van der Waals surface area contributed by atoms with Gasteiger partial charge in [-0.15, -0.1) is 0 Å². The van der Waals surface area contributed by atoms with Crippen LogP contribution in [0.4, 0.5) is 0 Å². The van der Waals surface area contributed by atoms with Gasteiger partial charge in [0.1, 0.15) is 0 Å². The second kappa shape index (κ2) is 4.90. The average molecular weight is 277 g/mol. The Bertz CT molecular complexity index is 748. The minimum absolute atomic E-state index is 0.205. The summed E-state index contributed by atoms with van der Waals surface area (Å²) in [5, 5.41) is 3.32. The molecule has 0 bridgehead atoms. The van der Waals surface area contributed by atoms with E-state index in [4.69, 9.17) is 0 Å². The Morgan fingerprint density at radius 3 is 2.85 bits per heavy atom. The molecule has 3 rings (SSSR count). The van der Waals surface area contributed by atoms with Crippen molar-refractivity contribution in [3.8, 4) is 0 Å². The highest BCUT2D eigenvalue weighted by Gasteiger charge is 2.20. The van der Waals surface area contributed by atoms with Crippen LogP contribution >= 0.6 is 0 Å². The van der Waals surface area contributed by atoms with Crippen LogP contribution in [0.15, 0.2) is 15.9 Å². The Labute approximate surface area is 115 Å². The van der Waals surface area contributed by atoms with Crippen molar-refractivity contribution in [3.05, 3.63) is 27.2 Å². The van der Waals surface area contributed by atoms with E-state index in [0.29, 0.717) is 24.3 Å². The maximum atomic E-state index is 12.5. The van der Waals surface area contributed by atoms with Gasteiger partial charge in [-0.3, -0.25) is 13.9 Å². The number of aromatic nitrogens is 4. The smallest absolute Gasteiger partial charge is 0.328 e. The van der Waals surface area contributed by atoms with E-state index in [9.17, 15) is 9.59 Å². The van der Waals surface area contributed by atoms with Gasteiger partial charge >= 0.3 is 5.69 Å². The van der Waals surface area contributed by atoms with Gasteiger partial charge in [0.05, 0.1) is 6.33 Å². The first-order valence-electron chi connectivity index (χ1n) is 7.01. The number of fused-ring (bicyclic) bond motifs is 1. The number of aryl methyl sites for hydroxylation is 2. The maximum absolute atomic E-state index is 12.5. The molecule has 3 heterocycles. The van der Waals surface area contributed by atoms with Crippen LogP contribution in [-0.4, -0.2) is 31.3 Å². The summed E-state index contributed by atoms with van der Waals surface area (Å²) >= 11 is 0. The summed E-state index contributed by atoms with van der Waals surface area (Å²) in [4.78, 5) is 29.2. The molecular weight excluding hydrogens is 258 g/mol. The van der Waals surface area contributed by atoms with Crippen LogP contribution in [-0.2, 0) is 20.1 Å². The van der Waals surface area contributed by atoms with E-state index in [0.717, 1.165) is 19.4 Å². The van der Waals surface area contributed by atoms with Crippen LogP contribution in [0, 0.1) is 0 Å². The summed E-state index contributed by atoms with van der Waals surface area (Å²) in [5.41, 5.74) is 0.450. The molecule has 108 valence electrons. The van der Waals surface area contributed by atoms with Gasteiger partial charge < -0.3 is 9.88 Å². The molecule has 0 aliphatic carbocycles. The highest BCUT2D eigenvalue weighted by Crippen LogP contribution is 2.08. The summed E-state index contributed by atoms with van der Waals surface area (Å²) in [5.74, 6) is 0. The zero-order chi connectivity index (χ0) is 14.3. The number of imidazole rings is 1. The highest BCUT2D eigenvalue weighted by atomic mass is 16.2. The zero-order valence-electron chi connectivity index (χ0n) is 11.8. The van der Waals surface area contributed by atoms with Crippen molar-refractivity contribution in [2.75, 3.05) is 6.54 Å². The van der Waals surface area contributed by atoms with Crippen molar-refractivity contribution in [1.82, 2.24) is 24.0 Å². The predicted octanol–water partition coefficient (Wildman–Crippen LogP) is -0.331. The first kappa shape index (κ1) is 13.1. The predicted molar refractivity (Wildman–Crippen MR) is 75.9 cm³/mol. The molecular formula is C13H19N5O2. The lowest BCUT2D eigenvalue weighted by Gasteiger charge is -2.14. The third-order valence-corrected chi connectivity index (χ3v) is 3.96. The molecule has 1 aliphatic heterocycles. The topological polar surface area (TPSA) is 73.8 Å². The van der Waals surface area contributed by atoms with E-state index in [1.165, 1.54) is 4.57 Å². The summed E-state index contributed by atoms with van der Waals surface area (Å²) in [7, 11) is 1.78. The molecule has 7 nitrogen and oxygen atoms in total. The summed E-state index contributed by atoms with van der Waals surface area (Å²) < 4.78 is 4.59. The van der Waals surface area contributed by atoms with Gasteiger partial charge in [0.15, 0.2) is 11.2 Å². The SMILES string of the molecule is CCn1c(=O)n(CC2CCCN2)c(=O)c2c1ncn2C. The maximum Gasteiger partial charge on any atom is 0.332 e. The molecule has 1 aliphatic rings. The monoisotopic (exact) mass is 277 g/mol. The number of hydrogen-bond donors (Lipinski definition) is 1. The molecule has 0 amide bonds. The molecule has 0 spiro atoms. The third-order valence-electron chi connectivity index (χ3n) is 3.96. The fraction of sp³-hybridized carbons (Fsp3) is 0.615. The van der Waals surface area contributed by atoms with Crippen molar-refractivity contribution in [2.45, 2.75) is 38.9 Å². The van der Waals surface area contributed by atoms with Gasteiger partial charge in [0.25, 0.3) is 5.56 Å². The van der Waals surface area contributed by atoms with E-state index in [-0.39, 0.29) is 17.3 Å². The van der Waals surface area contributed by atoms with Crippen LogP contribution in [0.25, 0.3) is 11.2 Å². The molecule has 1 fully saturated rings. The molecule has 7 heteroatoms. The quantitative estimate of drug-likeness (QED) is 0.833. The van der Waals surface area contributed by atoms with E-state index >= 15 is 0 Å². The minimum atomic E-state index is -0.266. The van der Waals surface area contributed by atoms with Crippen molar-refractivity contribution in [1.29, 1.82) is 0 Å². The van der Waals surface area contributed by atoms with Crippen molar-refractivity contribution in [2.24, 2.45) is 7.05 Å². The van der Waals surface area contributed by atoms with Gasteiger partial charge in [-0.25, -0.2) is 9.78 Å². The van der Waals surface area contributed by atoms with Gasteiger partial charge in [-0.2, -0.15) is 0 Å². The summed E-state index contributed by atoms with van der Waals surface area (Å²) in [6, 6.07) is 0.205.